The van der Waals surface area contributed by atoms with Crippen LogP contribution in [0.15, 0.2) is 35.3 Å². The fourth-order valence-electron chi connectivity index (χ4n) is 4.12. The second-order valence-corrected chi connectivity index (χ2v) is 10.9. The number of H-pyrrole nitrogens is 1. The molecular weight excluding hydrogens is 460 g/mol. The van der Waals surface area contributed by atoms with E-state index in [2.05, 4.69) is 14.9 Å². The number of aliphatic hydroxyl groups excluding tert-OH is 1. The van der Waals surface area contributed by atoms with E-state index in [1.807, 2.05) is 45.0 Å². The van der Waals surface area contributed by atoms with Crippen LogP contribution in [0.2, 0.25) is 0 Å². The minimum absolute atomic E-state index is 0.115. The average molecular weight is 497 g/mol. The van der Waals surface area contributed by atoms with Gasteiger partial charge in [-0.1, -0.05) is 26.8 Å². The molecule has 2 atom stereocenters. The van der Waals surface area contributed by atoms with E-state index >= 15 is 0 Å². The van der Waals surface area contributed by atoms with Crippen molar-refractivity contribution in [1.82, 2.24) is 19.9 Å². The molecule has 3 aromatic rings. The van der Waals surface area contributed by atoms with Gasteiger partial charge < -0.3 is 24.1 Å². The number of nitrogens with zero attached hydrogens (tertiary/aromatic N) is 2. The summed E-state index contributed by atoms with van der Waals surface area (Å²) in [4.78, 5) is 32.2. The number of fused-ring (bicyclic) bond motifs is 1. The topological polar surface area (TPSA) is 118 Å². The first-order chi connectivity index (χ1) is 17.0. The minimum Gasteiger partial charge on any atom is -0.464 e. The molecule has 0 aliphatic carbocycles. The van der Waals surface area contributed by atoms with Crippen LogP contribution in [0, 0.1) is 18.3 Å². The number of hydrogen-bond donors (Lipinski definition) is 3. The summed E-state index contributed by atoms with van der Waals surface area (Å²) in [6, 6.07) is 7.02. The highest BCUT2D eigenvalue weighted by Crippen LogP contribution is 2.28. The first-order valence-electron chi connectivity index (χ1n) is 12.4. The molecule has 4 rings (SSSR count). The lowest BCUT2D eigenvalue weighted by atomic mass is 9.98. The largest absolute Gasteiger partial charge is 0.464 e. The maximum atomic E-state index is 12.6. The third-order valence-electron chi connectivity index (χ3n) is 6.22. The van der Waals surface area contributed by atoms with Gasteiger partial charge in [0.25, 0.3) is 5.56 Å². The summed E-state index contributed by atoms with van der Waals surface area (Å²) < 4.78 is 13.0. The molecule has 1 aliphatic heterocycles. The molecule has 0 radical (unpaired) electrons. The molecule has 194 valence electrons. The number of benzene rings is 1. The van der Waals surface area contributed by atoms with Crippen molar-refractivity contribution in [2.45, 2.75) is 59.9 Å². The summed E-state index contributed by atoms with van der Waals surface area (Å²) in [6.45, 7) is 12.2. The molecule has 0 bridgehead atoms. The van der Waals surface area contributed by atoms with Crippen molar-refractivity contribution >= 4 is 17.0 Å². The van der Waals surface area contributed by atoms with Crippen molar-refractivity contribution in [2.24, 2.45) is 11.3 Å². The van der Waals surface area contributed by atoms with E-state index < -0.39 is 18.1 Å². The molecule has 9 heteroatoms. The normalized spacial score (nSPS) is 16.1. The molecule has 0 spiro atoms. The lowest BCUT2D eigenvalue weighted by molar-refractivity contribution is -0.151. The number of hydrogen-bond acceptors (Lipinski definition) is 7. The molecule has 3 heterocycles. The van der Waals surface area contributed by atoms with Gasteiger partial charge >= 0.3 is 5.97 Å². The third kappa shape index (κ3) is 6.03. The summed E-state index contributed by atoms with van der Waals surface area (Å²) in [7, 11) is 0. The molecular formula is C27H36N4O5. The molecule has 9 nitrogen and oxygen atoms in total. The van der Waals surface area contributed by atoms with Crippen molar-refractivity contribution in [2.75, 3.05) is 19.8 Å². The van der Waals surface area contributed by atoms with E-state index in [1.165, 1.54) is 0 Å². The van der Waals surface area contributed by atoms with Gasteiger partial charge in [0, 0.05) is 36.3 Å². The van der Waals surface area contributed by atoms with Crippen LogP contribution in [0.1, 0.15) is 38.8 Å². The van der Waals surface area contributed by atoms with Crippen molar-refractivity contribution in [3.05, 3.63) is 51.9 Å². The molecule has 1 aliphatic rings. The second-order valence-electron chi connectivity index (χ2n) is 10.9. The van der Waals surface area contributed by atoms with Crippen molar-refractivity contribution in [3.8, 4) is 11.4 Å². The van der Waals surface area contributed by atoms with Crippen molar-refractivity contribution in [3.63, 3.8) is 0 Å². The Morgan fingerprint density at radius 1 is 1.33 bits per heavy atom. The average Bonchev–Trinajstić information content (AvgIpc) is 3.13. The molecule has 1 aromatic carbocycles. The van der Waals surface area contributed by atoms with Gasteiger partial charge in [0.2, 0.25) is 0 Å². The number of esters is 1. The third-order valence-corrected chi connectivity index (χ3v) is 6.22. The van der Waals surface area contributed by atoms with Crippen LogP contribution in [0.4, 0.5) is 0 Å². The van der Waals surface area contributed by atoms with Crippen molar-refractivity contribution in [1.29, 1.82) is 0 Å². The van der Waals surface area contributed by atoms with Gasteiger partial charge in [-0.05, 0) is 43.0 Å². The molecule has 0 saturated carbocycles. The number of carbonyl (C=O) groups is 1. The number of aromatic amines is 1. The summed E-state index contributed by atoms with van der Waals surface area (Å²) in [5, 5.41) is 13.3. The molecule has 3 N–H and O–H groups in total. The highest BCUT2D eigenvalue weighted by atomic mass is 16.5. The van der Waals surface area contributed by atoms with E-state index in [-0.39, 0.29) is 17.6 Å². The van der Waals surface area contributed by atoms with Crippen LogP contribution in [-0.2, 0) is 27.4 Å². The van der Waals surface area contributed by atoms with Gasteiger partial charge in [0.15, 0.2) is 0 Å². The highest BCUT2D eigenvalue weighted by molar-refractivity contribution is 5.81. The molecule has 0 amide bonds. The fourth-order valence-corrected chi connectivity index (χ4v) is 4.12. The van der Waals surface area contributed by atoms with Crippen LogP contribution in [0.5, 0.6) is 0 Å². The quantitative estimate of drug-likeness (QED) is 0.390. The Morgan fingerprint density at radius 3 is 2.69 bits per heavy atom. The first-order valence-corrected chi connectivity index (χ1v) is 12.4. The Hall–Kier alpha value is -3.01. The van der Waals surface area contributed by atoms with E-state index in [0.29, 0.717) is 18.0 Å². The van der Waals surface area contributed by atoms with Crippen LogP contribution < -0.4 is 10.9 Å². The molecule has 1 fully saturated rings. The summed E-state index contributed by atoms with van der Waals surface area (Å²) in [5.74, 6) is 0.731. The summed E-state index contributed by atoms with van der Waals surface area (Å²) >= 11 is 0. The molecule has 2 aromatic heterocycles. The first kappa shape index (κ1) is 26.1. The fraction of sp³-hybridized carbons (Fsp3) is 0.519. The standard InChI is InChI=1S/C27H36N4O5/c1-16-8-20(11-29-25(16)33)24-30-21-9-18(6-7-22(21)31(24)12-19-13-35-14-19)10-28-23(17(2)32)26(34)36-15-27(3,4)5/h6-9,11,17,19,23,28,32H,10,12-15H2,1-5H3,(H,29,33)/t17-,23?/m1/s1. The maximum Gasteiger partial charge on any atom is 0.325 e. The number of nitrogens with one attached hydrogen (secondary N) is 2. The van der Waals surface area contributed by atoms with Gasteiger partial charge in [0.05, 0.1) is 37.0 Å². The summed E-state index contributed by atoms with van der Waals surface area (Å²) in [6.07, 6.45) is 0.795. The highest BCUT2D eigenvalue weighted by Gasteiger charge is 2.27. The zero-order chi connectivity index (χ0) is 26.0. The van der Waals surface area contributed by atoms with Crippen LogP contribution >= 0.6 is 0 Å². The SMILES string of the molecule is Cc1cc(-c2nc3cc(CNC(C(=O)OCC(C)(C)C)[C@@H](C)O)ccc3n2CC2COC2)c[nH]c1=O. The second kappa shape index (κ2) is 10.5. The van der Waals surface area contributed by atoms with Crippen LogP contribution in [0.3, 0.4) is 0 Å². The Bertz CT molecular complexity index is 1280. The van der Waals surface area contributed by atoms with Gasteiger partial charge in [-0.3, -0.25) is 14.9 Å². The van der Waals surface area contributed by atoms with Gasteiger partial charge in [-0.25, -0.2) is 4.98 Å². The number of rotatable bonds is 9. The monoisotopic (exact) mass is 496 g/mol. The predicted molar refractivity (Wildman–Crippen MR) is 138 cm³/mol. The molecule has 1 saturated heterocycles. The lowest BCUT2D eigenvalue weighted by Crippen LogP contribution is -2.46. The number of aliphatic hydroxyl groups is 1. The number of carbonyl (C=O) groups excluding carboxylic acids is 1. The van der Waals surface area contributed by atoms with Crippen LogP contribution in [-0.4, -0.2) is 57.6 Å². The molecule has 1 unspecified atom stereocenters. The summed E-state index contributed by atoms with van der Waals surface area (Å²) in [5.41, 5.74) is 3.94. The number of imidazole rings is 1. The van der Waals surface area contributed by atoms with Gasteiger partial charge in [-0.2, -0.15) is 0 Å². The van der Waals surface area contributed by atoms with Gasteiger partial charge in [0.1, 0.15) is 11.9 Å². The Morgan fingerprint density at radius 2 is 2.08 bits per heavy atom. The number of aromatic nitrogens is 3. The zero-order valence-corrected chi connectivity index (χ0v) is 21.6. The number of ether oxygens (including phenoxy) is 2. The van der Waals surface area contributed by atoms with E-state index in [4.69, 9.17) is 14.5 Å². The van der Waals surface area contributed by atoms with E-state index in [0.717, 1.165) is 47.7 Å². The molecule has 36 heavy (non-hydrogen) atoms. The number of pyridine rings is 1. The Balaban J connectivity index is 1.58. The Kier molecular flexibility index (Phi) is 7.63. The van der Waals surface area contributed by atoms with E-state index in [9.17, 15) is 14.7 Å². The maximum absolute atomic E-state index is 12.6. The van der Waals surface area contributed by atoms with Crippen LogP contribution in [0.25, 0.3) is 22.4 Å². The van der Waals surface area contributed by atoms with E-state index in [1.54, 1.807) is 20.0 Å². The van der Waals surface area contributed by atoms with Crippen molar-refractivity contribution < 1.29 is 19.4 Å². The van der Waals surface area contributed by atoms with Gasteiger partial charge in [-0.15, -0.1) is 0 Å². The lowest BCUT2D eigenvalue weighted by Gasteiger charge is -2.27. The smallest absolute Gasteiger partial charge is 0.325 e. The number of aryl methyl sites for hydroxylation is 1. The zero-order valence-electron chi connectivity index (χ0n) is 21.6. The minimum atomic E-state index is -0.903. The Labute approximate surface area is 210 Å². The predicted octanol–water partition coefficient (Wildman–Crippen LogP) is 2.77.